The summed E-state index contributed by atoms with van der Waals surface area (Å²) in [6, 6.07) is 6.95. The molecule has 0 radical (unpaired) electrons. The molecule has 1 rings (SSSR count). The summed E-state index contributed by atoms with van der Waals surface area (Å²) in [6.07, 6.45) is -1.85. The average molecular weight is 316 g/mol. The molecule has 0 unspecified atom stereocenters. The predicted octanol–water partition coefficient (Wildman–Crippen LogP) is 1.50. The van der Waals surface area contributed by atoms with E-state index >= 15 is 0 Å². The van der Waals surface area contributed by atoms with E-state index in [1.807, 2.05) is 0 Å². The highest BCUT2D eigenvalue weighted by atomic mass is 19.4. The first-order valence-corrected chi connectivity index (χ1v) is 6.24. The number of amides is 2. The Bertz CT molecular complexity index is 557. The van der Waals surface area contributed by atoms with Crippen LogP contribution in [0.2, 0.25) is 0 Å². The molecule has 0 aliphatic carbocycles. The van der Waals surface area contributed by atoms with Crippen molar-refractivity contribution < 1.29 is 27.5 Å². The van der Waals surface area contributed by atoms with Crippen LogP contribution in [-0.4, -0.2) is 38.2 Å². The van der Waals surface area contributed by atoms with Crippen LogP contribution in [0.4, 0.5) is 13.2 Å². The predicted molar refractivity (Wildman–Crippen MR) is 74.1 cm³/mol. The fraction of sp³-hybridized carbons (Fsp3) is 0.286. The van der Waals surface area contributed by atoms with Crippen molar-refractivity contribution in [1.29, 1.82) is 0 Å². The molecule has 0 saturated heterocycles. The molecule has 5 nitrogen and oxygen atoms in total. The Morgan fingerprint density at radius 1 is 1.23 bits per heavy atom. The quantitative estimate of drug-likeness (QED) is 0.782. The maximum atomic E-state index is 11.9. The van der Waals surface area contributed by atoms with Crippen molar-refractivity contribution >= 4 is 17.9 Å². The maximum absolute atomic E-state index is 11.9. The second kappa shape index (κ2) is 8.06. The molecule has 120 valence electrons. The Kier molecular flexibility index (Phi) is 6.43. The maximum Gasteiger partial charge on any atom is 0.405 e. The first-order chi connectivity index (χ1) is 10.3. The van der Waals surface area contributed by atoms with Crippen LogP contribution in [0.15, 0.2) is 30.3 Å². The van der Waals surface area contributed by atoms with Crippen LogP contribution < -0.4 is 15.4 Å². The highest BCUT2D eigenvalue weighted by Crippen LogP contribution is 2.18. The summed E-state index contributed by atoms with van der Waals surface area (Å²) in [5.74, 6) is -0.959. The molecule has 22 heavy (non-hydrogen) atoms. The summed E-state index contributed by atoms with van der Waals surface area (Å²) < 4.78 is 40.7. The summed E-state index contributed by atoms with van der Waals surface area (Å²) >= 11 is 0. The summed E-state index contributed by atoms with van der Waals surface area (Å²) in [5, 5.41) is 3.83. The molecule has 0 aromatic heterocycles. The molecule has 0 heterocycles. The number of carbonyl (C=O) groups is 2. The third-order valence-electron chi connectivity index (χ3n) is 2.46. The van der Waals surface area contributed by atoms with Crippen molar-refractivity contribution in [2.75, 3.05) is 20.2 Å². The number of halogens is 3. The van der Waals surface area contributed by atoms with Gasteiger partial charge in [-0.05, 0) is 12.1 Å². The summed E-state index contributed by atoms with van der Waals surface area (Å²) in [6.45, 7) is -1.97. The number of hydrogen-bond donors (Lipinski definition) is 2. The van der Waals surface area contributed by atoms with Crippen molar-refractivity contribution in [1.82, 2.24) is 10.6 Å². The van der Waals surface area contributed by atoms with Gasteiger partial charge in [0.1, 0.15) is 12.3 Å². The Labute approximate surface area is 125 Å². The van der Waals surface area contributed by atoms with Crippen molar-refractivity contribution in [3.63, 3.8) is 0 Å². The monoisotopic (exact) mass is 316 g/mol. The van der Waals surface area contributed by atoms with Crippen LogP contribution in [0.25, 0.3) is 6.08 Å². The van der Waals surface area contributed by atoms with E-state index in [1.54, 1.807) is 29.6 Å². The van der Waals surface area contributed by atoms with Crippen LogP contribution in [0.5, 0.6) is 5.75 Å². The van der Waals surface area contributed by atoms with E-state index in [2.05, 4.69) is 5.32 Å². The molecule has 1 aromatic carbocycles. The standard InChI is InChI=1S/C14H15F3N2O3/c1-22-11-5-3-2-4-10(11)6-7-12(20)18-8-13(21)19-9-14(15,16)17/h2-7H,8-9H2,1H3,(H,18,20)(H,19,21)/b7-6+. The normalized spacial score (nSPS) is 11.3. The Balaban J connectivity index is 2.43. The SMILES string of the molecule is COc1ccccc1/C=C/C(=O)NCC(=O)NCC(F)(F)F. The van der Waals surface area contributed by atoms with Gasteiger partial charge in [0.25, 0.3) is 0 Å². The minimum absolute atomic E-state index is 0.537. The van der Waals surface area contributed by atoms with Gasteiger partial charge in [-0.25, -0.2) is 0 Å². The number of para-hydroxylation sites is 1. The van der Waals surface area contributed by atoms with Gasteiger partial charge >= 0.3 is 6.18 Å². The van der Waals surface area contributed by atoms with E-state index in [-0.39, 0.29) is 0 Å². The molecule has 0 spiro atoms. The van der Waals surface area contributed by atoms with E-state index in [4.69, 9.17) is 4.74 Å². The second-order valence-corrected chi connectivity index (χ2v) is 4.18. The summed E-state index contributed by atoms with van der Waals surface area (Å²) in [5.41, 5.74) is 0.654. The first kappa shape index (κ1) is 17.5. The molecule has 8 heteroatoms. The first-order valence-electron chi connectivity index (χ1n) is 6.24. The third kappa shape index (κ3) is 6.78. The van der Waals surface area contributed by atoms with Crippen LogP contribution in [-0.2, 0) is 9.59 Å². The molecule has 0 aliphatic rings. The molecule has 2 N–H and O–H groups in total. The highest BCUT2D eigenvalue weighted by molar-refractivity contribution is 5.94. The van der Waals surface area contributed by atoms with E-state index in [9.17, 15) is 22.8 Å². The number of nitrogens with one attached hydrogen (secondary N) is 2. The van der Waals surface area contributed by atoms with Crippen molar-refractivity contribution in [3.8, 4) is 5.75 Å². The van der Waals surface area contributed by atoms with Gasteiger partial charge in [0.05, 0.1) is 13.7 Å². The third-order valence-corrected chi connectivity index (χ3v) is 2.46. The number of methoxy groups -OCH3 is 1. The number of rotatable bonds is 6. The largest absolute Gasteiger partial charge is 0.496 e. The molecular formula is C14H15F3N2O3. The lowest BCUT2D eigenvalue weighted by Gasteiger charge is -2.08. The van der Waals surface area contributed by atoms with Crippen LogP contribution in [0.1, 0.15) is 5.56 Å². The van der Waals surface area contributed by atoms with Gasteiger partial charge in [-0.3, -0.25) is 9.59 Å². The topological polar surface area (TPSA) is 67.4 Å². The van der Waals surface area contributed by atoms with Crippen LogP contribution >= 0.6 is 0 Å². The minimum atomic E-state index is -4.48. The van der Waals surface area contributed by atoms with Crippen LogP contribution in [0, 0.1) is 0 Å². The molecule has 0 atom stereocenters. The molecular weight excluding hydrogens is 301 g/mol. The van der Waals surface area contributed by atoms with Crippen molar-refractivity contribution in [2.45, 2.75) is 6.18 Å². The molecule has 0 saturated carbocycles. The number of hydrogen-bond acceptors (Lipinski definition) is 3. The van der Waals surface area contributed by atoms with Crippen LogP contribution in [0.3, 0.4) is 0 Å². The van der Waals surface area contributed by atoms with Gasteiger partial charge in [0.15, 0.2) is 0 Å². The number of ether oxygens (including phenoxy) is 1. The van der Waals surface area contributed by atoms with Gasteiger partial charge in [-0.2, -0.15) is 13.2 Å². The van der Waals surface area contributed by atoms with E-state index in [0.717, 1.165) is 6.08 Å². The molecule has 0 fully saturated rings. The fourth-order valence-corrected chi connectivity index (χ4v) is 1.46. The minimum Gasteiger partial charge on any atom is -0.496 e. The second-order valence-electron chi connectivity index (χ2n) is 4.18. The highest BCUT2D eigenvalue weighted by Gasteiger charge is 2.27. The summed E-state index contributed by atoms with van der Waals surface area (Å²) in [7, 11) is 1.48. The van der Waals surface area contributed by atoms with Gasteiger partial charge in [0, 0.05) is 11.6 Å². The smallest absolute Gasteiger partial charge is 0.405 e. The fourth-order valence-electron chi connectivity index (χ4n) is 1.46. The zero-order valence-corrected chi connectivity index (χ0v) is 11.7. The number of alkyl halides is 3. The lowest BCUT2D eigenvalue weighted by Crippen LogP contribution is -2.40. The van der Waals surface area contributed by atoms with Crippen molar-refractivity contribution in [2.24, 2.45) is 0 Å². The van der Waals surface area contributed by atoms with Gasteiger partial charge in [-0.15, -0.1) is 0 Å². The molecule has 2 amide bonds. The zero-order valence-electron chi connectivity index (χ0n) is 11.7. The number of benzene rings is 1. The zero-order chi connectivity index (χ0) is 16.6. The summed E-state index contributed by atoms with van der Waals surface area (Å²) in [4.78, 5) is 22.6. The van der Waals surface area contributed by atoms with Gasteiger partial charge in [0.2, 0.25) is 11.8 Å². The van der Waals surface area contributed by atoms with E-state index in [1.165, 1.54) is 13.2 Å². The van der Waals surface area contributed by atoms with E-state index < -0.39 is 31.1 Å². The average Bonchev–Trinajstić information content (AvgIpc) is 2.48. The Morgan fingerprint density at radius 2 is 1.91 bits per heavy atom. The molecule has 1 aromatic rings. The van der Waals surface area contributed by atoms with Gasteiger partial charge in [-0.1, -0.05) is 18.2 Å². The number of carbonyl (C=O) groups excluding carboxylic acids is 2. The van der Waals surface area contributed by atoms with E-state index in [0.29, 0.717) is 11.3 Å². The van der Waals surface area contributed by atoms with Crippen molar-refractivity contribution in [3.05, 3.63) is 35.9 Å². The lowest BCUT2D eigenvalue weighted by atomic mass is 10.2. The lowest BCUT2D eigenvalue weighted by molar-refractivity contribution is -0.138. The molecule has 0 aliphatic heterocycles. The molecule has 0 bridgehead atoms. The Morgan fingerprint density at radius 3 is 2.55 bits per heavy atom. The Hall–Kier alpha value is -2.51. The van der Waals surface area contributed by atoms with Gasteiger partial charge < -0.3 is 15.4 Å².